The summed E-state index contributed by atoms with van der Waals surface area (Å²) in [7, 11) is 1.61. The standard InChI is InChI=1S/C20H25NO3/c1-15(2)13-19(16-7-5-4-6-8-16)21-20(22)14-24-18-11-9-17(23-3)10-12-18/h4-12,15,19H,13-14H2,1-3H3,(H,21,22)/t19-/m1/s1. The van der Waals surface area contributed by atoms with Gasteiger partial charge in [-0.1, -0.05) is 44.2 Å². The fourth-order valence-corrected chi connectivity index (χ4v) is 2.49. The van der Waals surface area contributed by atoms with E-state index in [1.165, 1.54) is 0 Å². The molecule has 24 heavy (non-hydrogen) atoms. The topological polar surface area (TPSA) is 47.6 Å². The molecule has 1 N–H and O–H groups in total. The highest BCUT2D eigenvalue weighted by Gasteiger charge is 2.16. The van der Waals surface area contributed by atoms with Crippen molar-refractivity contribution in [3.8, 4) is 11.5 Å². The van der Waals surface area contributed by atoms with Gasteiger partial charge in [0.25, 0.3) is 5.91 Å². The van der Waals surface area contributed by atoms with Crippen molar-refractivity contribution in [2.75, 3.05) is 13.7 Å². The maximum atomic E-state index is 12.2. The molecular formula is C20H25NO3. The molecule has 4 nitrogen and oxygen atoms in total. The van der Waals surface area contributed by atoms with Gasteiger partial charge < -0.3 is 14.8 Å². The summed E-state index contributed by atoms with van der Waals surface area (Å²) < 4.78 is 10.6. The van der Waals surface area contributed by atoms with Crippen LogP contribution in [0.3, 0.4) is 0 Å². The lowest BCUT2D eigenvalue weighted by Gasteiger charge is -2.21. The number of amides is 1. The van der Waals surface area contributed by atoms with Crippen LogP contribution in [0.5, 0.6) is 11.5 Å². The van der Waals surface area contributed by atoms with E-state index in [0.29, 0.717) is 11.7 Å². The molecule has 0 aliphatic rings. The molecule has 0 radical (unpaired) electrons. The number of carbonyl (C=O) groups excluding carboxylic acids is 1. The molecule has 0 bridgehead atoms. The number of carbonyl (C=O) groups is 1. The first-order chi connectivity index (χ1) is 11.6. The van der Waals surface area contributed by atoms with Crippen LogP contribution in [-0.2, 0) is 4.79 Å². The zero-order chi connectivity index (χ0) is 17.4. The summed E-state index contributed by atoms with van der Waals surface area (Å²) >= 11 is 0. The number of ether oxygens (including phenoxy) is 2. The number of nitrogens with one attached hydrogen (secondary N) is 1. The summed E-state index contributed by atoms with van der Waals surface area (Å²) in [6.07, 6.45) is 0.887. The number of hydrogen-bond acceptors (Lipinski definition) is 3. The lowest BCUT2D eigenvalue weighted by atomic mass is 9.97. The molecule has 4 heteroatoms. The quantitative estimate of drug-likeness (QED) is 0.798. The zero-order valence-electron chi connectivity index (χ0n) is 14.5. The van der Waals surface area contributed by atoms with Crippen molar-refractivity contribution in [3.63, 3.8) is 0 Å². The molecule has 2 aromatic rings. The Kier molecular flexibility index (Phi) is 6.67. The third kappa shape index (κ3) is 5.61. The first-order valence-corrected chi connectivity index (χ1v) is 8.19. The minimum absolute atomic E-state index is 0.00170. The second kappa shape index (κ2) is 8.96. The molecular weight excluding hydrogens is 302 g/mol. The van der Waals surface area contributed by atoms with Gasteiger partial charge in [0.1, 0.15) is 11.5 Å². The molecule has 0 fully saturated rings. The highest BCUT2D eigenvalue weighted by atomic mass is 16.5. The highest BCUT2D eigenvalue weighted by Crippen LogP contribution is 2.21. The van der Waals surface area contributed by atoms with Crippen molar-refractivity contribution in [3.05, 3.63) is 60.2 Å². The lowest BCUT2D eigenvalue weighted by Crippen LogP contribution is -2.33. The van der Waals surface area contributed by atoms with Crippen molar-refractivity contribution in [1.29, 1.82) is 0 Å². The Morgan fingerprint density at radius 2 is 1.62 bits per heavy atom. The lowest BCUT2D eigenvalue weighted by molar-refractivity contribution is -0.124. The normalized spacial score (nSPS) is 11.8. The minimum Gasteiger partial charge on any atom is -0.497 e. The summed E-state index contributed by atoms with van der Waals surface area (Å²) in [4.78, 5) is 12.2. The monoisotopic (exact) mass is 327 g/mol. The van der Waals surface area contributed by atoms with Gasteiger partial charge >= 0.3 is 0 Å². The molecule has 1 atom stereocenters. The molecule has 2 aromatic carbocycles. The molecule has 0 saturated heterocycles. The van der Waals surface area contributed by atoms with Gasteiger partial charge in [0.05, 0.1) is 13.2 Å². The number of hydrogen-bond donors (Lipinski definition) is 1. The van der Waals surface area contributed by atoms with Gasteiger partial charge in [-0.05, 0) is 42.2 Å². The van der Waals surface area contributed by atoms with E-state index in [1.54, 1.807) is 31.4 Å². The van der Waals surface area contributed by atoms with E-state index in [4.69, 9.17) is 9.47 Å². The average Bonchev–Trinajstić information content (AvgIpc) is 2.60. The van der Waals surface area contributed by atoms with Crippen molar-refractivity contribution in [2.45, 2.75) is 26.3 Å². The highest BCUT2D eigenvalue weighted by molar-refractivity contribution is 5.78. The van der Waals surface area contributed by atoms with E-state index in [9.17, 15) is 4.79 Å². The second-order valence-electron chi connectivity index (χ2n) is 6.12. The molecule has 0 spiro atoms. The average molecular weight is 327 g/mol. The van der Waals surface area contributed by atoms with Gasteiger partial charge in [-0.3, -0.25) is 4.79 Å². The van der Waals surface area contributed by atoms with Gasteiger partial charge in [0, 0.05) is 0 Å². The second-order valence-corrected chi connectivity index (χ2v) is 6.12. The van der Waals surface area contributed by atoms with E-state index >= 15 is 0 Å². The van der Waals surface area contributed by atoms with Gasteiger partial charge in [-0.2, -0.15) is 0 Å². The number of methoxy groups -OCH3 is 1. The molecule has 1 amide bonds. The summed E-state index contributed by atoms with van der Waals surface area (Å²) in [6, 6.07) is 17.2. The van der Waals surface area contributed by atoms with Gasteiger partial charge in [-0.25, -0.2) is 0 Å². The van der Waals surface area contributed by atoms with Crippen molar-refractivity contribution < 1.29 is 14.3 Å². The van der Waals surface area contributed by atoms with Crippen LogP contribution >= 0.6 is 0 Å². The van der Waals surface area contributed by atoms with E-state index in [-0.39, 0.29) is 18.6 Å². The summed E-state index contributed by atoms with van der Waals surface area (Å²) in [5, 5.41) is 3.07. The van der Waals surface area contributed by atoms with Crippen LogP contribution in [0.1, 0.15) is 31.9 Å². The Hall–Kier alpha value is -2.49. The third-order valence-corrected chi connectivity index (χ3v) is 3.67. The summed E-state index contributed by atoms with van der Waals surface area (Å²) in [6.45, 7) is 4.29. The predicted molar refractivity (Wildman–Crippen MR) is 95.3 cm³/mol. The summed E-state index contributed by atoms with van der Waals surface area (Å²) in [5.74, 6) is 1.76. The largest absolute Gasteiger partial charge is 0.497 e. The first-order valence-electron chi connectivity index (χ1n) is 8.19. The van der Waals surface area contributed by atoms with Crippen molar-refractivity contribution >= 4 is 5.91 Å². The molecule has 0 aliphatic carbocycles. The van der Waals surface area contributed by atoms with Crippen LogP contribution in [0, 0.1) is 5.92 Å². The van der Waals surface area contributed by atoms with E-state index in [0.717, 1.165) is 17.7 Å². The van der Waals surface area contributed by atoms with E-state index < -0.39 is 0 Å². The van der Waals surface area contributed by atoms with Crippen LogP contribution < -0.4 is 14.8 Å². The fourth-order valence-electron chi connectivity index (χ4n) is 2.49. The summed E-state index contributed by atoms with van der Waals surface area (Å²) in [5.41, 5.74) is 1.11. The third-order valence-electron chi connectivity index (χ3n) is 3.67. The maximum Gasteiger partial charge on any atom is 0.258 e. The fraction of sp³-hybridized carbons (Fsp3) is 0.350. The molecule has 0 aliphatic heterocycles. The van der Waals surface area contributed by atoms with Crippen LogP contribution in [0.15, 0.2) is 54.6 Å². The van der Waals surface area contributed by atoms with Gasteiger partial charge in [0.15, 0.2) is 6.61 Å². The number of benzene rings is 2. The van der Waals surface area contributed by atoms with Crippen molar-refractivity contribution in [1.82, 2.24) is 5.32 Å². The van der Waals surface area contributed by atoms with E-state index in [1.807, 2.05) is 30.3 Å². The minimum atomic E-state index is -0.125. The Morgan fingerprint density at radius 3 is 2.21 bits per heavy atom. The smallest absolute Gasteiger partial charge is 0.258 e. The molecule has 0 heterocycles. The molecule has 0 saturated carbocycles. The zero-order valence-corrected chi connectivity index (χ0v) is 14.5. The van der Waals surface area contributed by atoms with Gasteiger partial charge in [-0.15, -0.1) is 0 Å². The van der Waals surface area contributed by atoms with Crippen molar-refractivity contribution in [2.24, 2.45) is 5.92 Å². The van der Waals surface area contributed by atoms with Crippen LogP contribution in [0.2, 0.25) is 0 Å². The Morgan fingerprint density at radius 1 is 1.00 bits per heavy atom. The van der Waals surface area contributed by atoms with E-state index in [2.05, 4.69) is 19.2 Å². The Labute approximate surface area is 143 Å². The Balaban J connectivity index is 1.92. The molecule has 0 aromatic heterocycles. The molecule has 0 unspecified atom stereocenters. The number of rotatable bonds is 8. The SMILES string of the molecule is COc1ccc(OCC(=O)N[C@H](CC(C)C)c2ccccc2)cc1. The van der Waals surface area contributed by atoms with Gasteiger partial charge in [0.2, 0.25) is 0 Å². The molecule has 2 rings (SSSR count). The first kappa shape index (κ1) is 17.9. The van der Waals surface area contributed by atoms with Crippen LogP contribution in [0.25, 0.3) is 0 Å². The van der Waals surface area contributed by atoms with Crippen LogP contribution in [-0.4, -0.2) is 19.6 Å². The predicted octanol–water partition coefficient (Wildman–Crippen LogP) is 3.98. The van der Waals surface area contributed by atoms with Crippen LogP contribution in [0.4, 0.5) is 0 Å². The molecule has 128 valence electrons. The Bertz CT molecular complexity index is 623. The maximum absolute atomic E-state index is 12.2.